The maximum absolute atomic E-state index is 10.0. The standard InChI is InChI=1S/C11H12N4.C10H19N.C5H10O/c1-3-8(6-12-2)9-4-5-13-11-10(9)14-7-15-11;1-3-5-6-8-10(9-11)7-4-2;1-3-4-5(2)6/h3-7H,1-2H3,(H,13,14,15);10H,3-8H2,1-2H3;3-4H2,1-2H3/b8-3+,12-6?;;. The smallest absolute Gasteiger partial charge is 0.178 e. The van der Waals surface area contributed by atoms with Gasteiger partial charge in [0.15, 0.2) is 5.65 Å². The van der Waals surface area contributed by atoms with Gasteiger partial charge in [0.1, 0.15) is 5.78 Å². The number of imidazole rings is 1. The molecule has 0 aromatic carbocycles. The number of nitriles is 1. The average Bonchev–Trinajstić information content (AvgIpc) is 3.27. The Kier molecular flexibility index (Phi) is 17.3. The molecule has 0 aliphatic rings. The minimum absolute atomic E-state index is 0.289. The highest BCUT2D eigenvalue weighted by molar-refractivity contribution is 6.13. The minimum Gasteiger partial charge on any atom is -0.343 e. The van der Waals surface area contributed by atoms with Crippen LogP contribution in [0.4, 0.5) is 0 Å². The Morgan fingerprint density at radius 2 is 1.94 bits per heavy atom. The second-order valence-corrected chi connectivity index (χ2v) is 7.65. The molecule has 2 aromatic heterocycles. The molecule has 0 amide bonds. The van der Waals surface area contributed by atoms with Gasteiger partial charge >= 0.3 is 0 Å². The first-order valence-corrected chi connectivity index (χ1v) is 11.7. The number of fused-ring (bicyclic) bond motifs is 1. The molecule has 0 bridgehead atoms. The van der Waals surface area contributed by atoms with E-state index in [0.717, 1.165) is 54.4 Å². The number of aromatic nitrogens is 3. The monoisotopic (exact) mass is 439 g/mol. The first kappa shape index (κ1) is 29.2. The molecule has 176 valence electrons. The van der Waals surface area contributed by atoms with Crippen LogP contribution in [0.15, 0.2) is 29.7 Å². The Hall–Kier alpha value is -2.81. The molecule has 0 aliphatic heterocycles. The number of Topliss-reactive ketones (excluding diaryl/α,β-unsaturated/α-hetero) is 1. The Morgan fingerprint density at radius 3 is 2.44 bits per heavy atom. The zero-order valence-corrected chi connectivity index (χ0v) is 20.8. The second-order valence-electron chi connectivity index (χ2n) is 7.65. The van der Waals surface area contributed by atoms with Crippen molar-refractivity contribution in [3.8, 4) is 6.07 Å². The lowest BCUT2D eigenvalue weighted by Crippen LogP contribution is -1.95. The van der Waals surface area contributed by atoms with Gasteiger partial charge in [0.05, 0.1) is 17.9 Å². The van der Waals surface area contributed by atoms with Crippen molar-refractivity contribution < 1.29 is 4.79 Å². The number of nitrogens with zero attached hydrogens (tertiary/aromatic N) is 4. The van der Waals surface area contributed by atoms with E-state index in [4.69, 9.17) is 5.26 Å². The summed E-state index contributed by atoms with van der Waals surface area (Å²) in [5.74, 6) is 0.615. The van der Waals surface area contributed by atoms with Crippen LogP contribution < -0.4 is 0 Å². The number of rotatable bonds is 10. The fraction of sp³-hybridized carbons (Fsp3) is 0.577. The second kappa shape index (κ2) is 18.9. The fourth-order valence-electron chi connectivity index (χ4n) is 3.14. The van der Waals surface area contributed by atoms with Gasteiger partial charge in [-0.3, -0.25) is 4.99 Å². The van der Waals surface area contributed by atoms with Crippen molar-refractivity contribution >= 4 is 28.7 Å². The van der Waals surface area contributed by atoms with Crippen LogP contribution in [0, 0.1) is 17.2 Å². The Labute approximate surface area is 194 Å². The lowest BCUT2D eigenvalue weighted by Gasteiger charge is -2.05. The van der Waals surface area contributed by atoms with Crippen LogP contribution in [0.1, 0.15) is 91.5 Å². The number of pyridine rings is 1. The Morgan fingerprint density at radius 1 is 1.19 bits per heavy atom. The number of H-pyrrole nitrogens is 1. The number of nitrogens with one attached hydrogen (secondary N) is 1. The third kappa shape index (κ3) is 12.1. The molecular weight excluding hydrogens is 398 g/mol. The van der Waals surface area contributed by atoms with E-state index in [-0.39, 0.29) is 5.78 Å². The largest absolute Gasteiger partial charge is 0.343 e. The molecule has 0 radical (unpaired) electrons. The third-order valence-electron chi connectivity index (χ3n) is 4.79. The van der Waals surface area contributed by atoms with E-state index in [1.54, 1.807) is 26.5 Å². The average molecular weight is 440 g/mol. The number of allylic oxidation sites excluding steroid dienone is 2. The summed E-state index contributed by atoms with van der Waals surface area (Å²) in [5, 5.41) is 8.71. The maximum atomic E-state index is 10.0. The molecule has 6 nitrogen and oxygen atoms in total. The maximum Gasteiger partial charge on any atom is 0.178 e. The number of carbonyl (C=O) groups is 1. The van der Waals surface area contributed by atoms with Crippen LogP contribution in [0.2, 0.25) is 0 Å². The van der Waals surface area contributed by atoms with Gasteiger partial charge < -0.3 is 9.78 Å². The fourth-order valence-corrected chi connectivity index (χ4v) is 3.14. The van der Waals surface area contributed by atoms with Crippen molar-refractivity contribution in [2.75, 3.05) is 7.05 Å². The highest BCUT2D eigenvalue weighted by Crippen LogP contribution is 2.19. The van der Waals surface area contributed by atoms with Crippen LogP contribution in [0.25, 0.3) is 16.7 Å². The molecule has 1 unspecified atom stereocenters. The number of unbranched alkanes of at least 4 members (excludes halogenated alkanes) is 2. The van der Waals surface area contributed by atoms with Gasteiger partial charge in [-0.1, -0.05) is 52.5 Å². The van der Waals surface area contributed by atoms with E-state index in [9.17, 15) is 4.79 Å². The minimum atomic E-state index is 0.289. The quantitative estimate of drug-likeness (QED) is 0.320. The zero-order chi connectivity index (χ0) is 24.2. The molecule has 0 fully saturated rings. The first-order valence-electron chi connectivity index (χ1n) is 11.7. The predicted molar refractivity (Wildman–Crippen MR) is 136 cm³/mol. The molecule has 0 aliphatic carbocycles. The topological polar surface area (TPSA) is 94.8 Å². The van der Waals surface area contributed by atoms with Crippen LogP contribution in [0.3, 0.4) is 0 Å². The summed E-state index contributed by atoms with van der Waals surface area (Å²) in [6, 6.07) is 4.32. The van der Waals surface area contributed by atoms with Crippen LogP contribution in [0.5, 0.6) is 0 Å². The number of aromatic amines is 1. The highest BCUT2D eigenvalue weighted by Gasteiger charge is 2.06. The van der Waals surface area contributed by atoms with Gasteiger partial charge in [-0.05, 0) is 44.7 Å². The summed E-state index contributed by atoms with van der Waals surface area (Å²) in [6.07, 6.45) is 16.1. The molecule has 0 saturated carbocycles. The van der Waals surface area contributed by atoms with Gasteiger partial charge in [-0.2, -0.15) is 5.26 Å². The summed E-state index contributed by atoms with van der Waals surface area (Å²) in [5.41, 5.74) is 3.82. The molecule has 0 saturated heterocycles. The SMILES string of the molecule is C/C=C(\C=NC)c1ccnc2nc[nH]c12.CCCC(C)=O.CCCCCC(C#N)CCC. The summed E-state index contributed by atoms with van der Waals surface area (Å²) in [6.45, 7) is 9.94. The van der Waals surface area contributed by atoms with Gasteiger partial charge in [0.25, 0.3) is 0 Å². The number of hydrogen-bond acceptors (Lipinski definition) is 5. The van der Waals surface area contributed by atoms with E-state index in [1.807, 2.05) is 32.2 Å². The van der Waals surface area contributed by atoms with Gasteiger partial charge in [0, 0.05) is 37.4 Å². The van der Waals surface area contributed by atoms with Crippen molar-refractivity contribution in [1.29, 1.82) is 5.26 Å². The molecule has 32 heavy (non-hydrogen) atoms. The van der Waals surface area contributed by atoms with Crippen molar-refractivity contribution in [3.05, 3.63) is 30.2 Å². The van der Waals surface area contributed by atoms with Crippen molar-refractivity contribution in [2.24, 2.45) is 10.9 Å². The third-order valence-corrected chi connectivity index (χ3v) is 4.79. The van der Waals surface area contributed by atoms with Gasteiger partial charge in [0.2, 0.25) is 0 Å². The van der Waals surface area contributed by atoms with Crippen molar-refractivity contribution in [3.63, 3.8) is 0 Å². The number of hydrogen-bond donors (Lipinski definition) is 1. The summed E-state index contributed by atoms with van der Waals surface area (Å²) in [7, 11) is 1.76. The molecule has 2 heterocycles. The van der Waals surface area contributed by atoms with Crippen LogP contribution in [-0.2, 0) is 4.79 Å². The van der Waals surface area contributed by atoms with Gasteiger partial charge in [-0.25, -0.2) is 9.97 Å². The zero-order valence-electron chi connectivity index (χ0n) is 20.8. The lowest BCUT2D eigenvalue weighted by atomic mass is 9.98. The molecule has 0 spiro atoms. The normalized spacial score (nSPS) is 11.8. The van der Waals surface area contributed by atoms with Crippen LogP contribution >= 0.6 is 0 Å². The molecule has 1 atom stereocenters. The Balaban J connectivity index is 0.000000499. The molecular formula is C26H41N5O. The van der Waals surface area contributed by atoms with Gasteiger partial charge in [-0.15, -0.1) is 0 Å². The highest BCUT2D eigenvalue weighted by atomic mass is 16.1. The van der Waals surface area contributed by atoms with E-state index in [0.29, 0.717) is 5.92 Å². The number of ketones is 1. The van der Waals surface area contributed by atoms with Crippen molar-refractivity contribution in [2.45, 2.75) is 86.0 Å². The molecule has 2 aromatic rings. The Bertz CT molecular complexity index is 860. The van der Waals surface area contributed by atoms with E-state index in [2.05, 4.69) is 39.9 Å². The molecule has 1 N–H and O–H groups in total. The van der Waals surface area contributed by atoms with Crippen LogP contribution in [-0.4, -0.2) is 34.0 Å². The predicted octanol–water partition coefficient (Wildman–Crippen LogP) is 6.94. The van der Waals surface area contributed by atoms with Crippen molar-refractivity contribution in [1.82, 2.24) is 15.0 Å². The molecule has 6 heteroatoms. The summed E-state index contributed by atoms with van der Waals surface area (Å²) >= 11 is 0. The lowest BCUT2D eigenvalue weighted by molar-refractivity contribution is -0.117. The summed E-state index contributed by atoms with van der Waals surface area (Å²) < 4.78 is 0. The first-order chi connectivity index (χ1) is 15.5. The number of carbonyl (C=O) groups excluding carboxylic acids is 1. The van der Waals surface area contributed by atoms with E-state index < -0.39 is 0 Å². The number of aliphatic imine (C=N–C) groups is 1. The summed E-state index contributed by atoms with van der Waals surface area (Å²) in [4.78, 5) is 25.4. The van der Waals surface area contributed by atoms with E-state index in [1.165, 1.54) is 19.3 Å². The molecule has 2 rings (SSSR count). The van der Waals surface area contributed by atoms with E-state index >= 15 is 0 Å².